The highest BCUT2D eigenvalue weighted by Crippen LogP contribution is 2.42. The van der Waals surface area contributed by atoms with Crippen LogP contribution in [0.1, 0.15) is 43.7 Å². The Morgan fingerprint density at radius 1 is 0.907 bits per heavy atom. The first-order valence-corrected chi connectivity index (χ1v) is 16.5. The summed E-state index contributed by atoms with van der Waals surface area (Å²) in [5.74, 6) is -0.458. The summed E-state index contributed by atoms with van der Waals surface area (Å²) in [4.78, 5) is 29.5. The molecule has 0 saturated heterocycles. The van der Waals surface area contributed by atoms with Gasteiger partial charge in [-0.15, -0.1) is 0 Å². The van der Waals surface area contributed by atoms with E-state index in [1.165, 1.54) is 4.31 Å². The highest BCUT2D eigenvalue weighted by molar-refractivity contribution is 7.93. The third kappa shape index (κ3) is 6.71. The van der Waals surface area contributed by atoms with Gasteiger partial charge in [-0.2, -0.15) is 0 Å². The first-order chi connectivity index (χ1) is 20.8. The summed E-state index contributed by atoms with van der Waals surface area (Å²) < 4.78 is 28.3. The summed E-state index contributed by atoms with van der Waals surface area (Å²) in [6.07, 6.45) is 2.46. The first-order valence-electron chi connectivity index (χ1n) is 14.7. The number of unbranched alkanes of at least 4 members (excludes halogenated alkanes) is 1. The van der Waals surface area contributed by atoms with E-state index in [0.29, 0.717) is 34.0 Å². The molecule has 1 N–H and O–H groups in total. The van der Waals surface area contributed by atoms with E-state index in [-0.39, 0.29) is 37.7 Å². The molecule has 224 valence electrons. The molecule has 1 atom stereocenters. The van der Waals surface area contributed by atoms with E-state index < -0.39 is 16.1 Å². The van der Waals surface area contributed by atoms with E-state index in [4.69, 9.17) is 11.6 Å². The van der Waals surface area contributed by atoms with Gasteiger partial charge in [-0.05, 0) is 47.6 Å². The highest BCUT2D eigenvalue weighted by atomic mass is 35.5. The molecule has 1 heterocycles. The van der Waals surface area contributed by atoms with Crippen LogP contribution in [0.5, 0.6) is 0 Å². The van der Waals surface area contributed by atoms with Gasteiger partial charge in [-0.1, -0.05) is 97.7 Å². The maximum Gasteiger partial charge on any atom is 0.265 e. The van der Waals surface area contributed by atoms with Crippen LogP contribution in [0.3, 0.4) is 0 Å². The molecular weight excluding hydrogens is 582 g/mol. The Kier molecular flexibility index (Phi) is 9.68. The van der Waals surface area contributed by atoms with Gasteiger partial charge in [0.15, 0.2) is 0 Å². The van der Waals surface area contributed by atoms with Crippen molar-refractivity contribution < 1.29 is 18.0 Å². The molecule has 0 bridgehead atoms. The SMILES string of the molecule is CCCCNC(=O)C(Cc1ccccc1)N(Cc1ccccc1Cl)C(=O)CCCN1c2cccc3cccc(c23)S1(=O)=O. The first kappa shape index (κ1) is 30.6. The summed E-state index contributed by atoms with van der Waals surface area (Å²) in [6, 6.07) is 27.0. The zero-order valence-corrected chi connectivity index (χ0v) is 25.8. The highest BCUT2D eigenvalue weighted by Gasteiger charge is 2.36. The number of amides is 2. The van der Waals surface area contributed by atoms with E-state index in [9.17, 15) is 18.0 Å². The molecule has 0 spiro atoms. The third-order valence-electron chi connectivity index (χ3n) is 7.83. The Bertz CT molecular complexity index is 1710. The van der Waals surface area contributed by atoms with E-state index in [1.54, 1.807) is 29.2 Å². The Morgan fingerprint density at radius 3 is 2.37 bits per heavy atom. The number of hydrogen-bond donors (Lipinski definition) is 1. The third-order valence-corrected chi connectivity index (χ3v) is 10.1. The summed E-state index contributed by atoms with van der Waals surface area (Å²) in [7, 11) is -3.73. The fraction of sp³-hybridized carbons (Fsp3) is 0.294. The van der Waals surface area contributed by atoms with Gasteiger partial charge in [-0.25, -0.2) is 8.42 Å². The summed E-state index contributed by atoms with van der Waals surface area (Å²) in [5, 5.41) is 5.11. The molecule has 1 aliphatic rings. The normalized spacial score (nSPS) is 14.0. The van der Waals surface area contributed by atoms with Crippen LogP contribution in [-0.4, -0.2) is 44.3 Å². The lowest BCUT2D eigenvalue weighted by Crippen LogP contribution is -2.50. The van der Waals surface area contributed by atoms with Crippen LogP contribution >= 0.6 is 11.6 Å². The number of nitrogens with one attached hydrogen (secondary N) is 1. The molecule has 0 aliphatic carbocycles. The number of halogens is 1. The molecular formula is C34H36ClN3O4S. The minimum Gasteiger partial charge on any atom is -0.354 e. The van der Waals surface area contributed by atoms with Crippen molar-refractivity contribution in [1.82, 2.24) is 10.2 Å². The van der Waals surface area contributed by atoms with Crippen molar-refractivity contribution in [2.24, 2.45) is 0 Å². The Hall–Kier alpha value is -3.88. The molecule has 1 unspecified atom stereocenters. The van der Waals surface area contributed by atoms with Gasteiger partial charge in [0.2, 0.25) is 11.8 Å². The van der Waals surface area contributed by atoms with Crippen molar-refractivity contribution in [2.45, 2.75) is 56.5 Å². The van der Waals surface area contributed by atoms with Gasteiger partial charge in [0.05, 0.1) is 10.6 Å². The number of carbonyl (C=O) groups is 2. The molecule has 4 aromatic carbocycles. The maximum atomic E-state index is 14.0. The van der Waals surface area contributed by atoms with Gasteiger partial charge >= 0.3 is 0 Å². The smallest absolute Gasteiger partial charge is 0.265 e. The molecule has 0 radical (unpaired) electrons. The van der Waals surface area contributed by atoms with Crippen LogP contribution in [0.2, 0.25) is 5.02 Å². The average molecular weight is 618 g/mol. The molecule has 2 amide bonds. The van der Waals surface area contributed by atoms with Crippen LogP contribution < -0.4 is 9.62 Å². The topological polar surface area (TPSA) is 86.8 Å². The zero-order chi connectivity index (χ0) is 30.4. The van der Waals surface area contributed by atoms with Crippen molar-refractivity contribution in [3.8, 4) is 0 Å². The van der Waals surface area contributed by atoms with Gasteiger partial charge < -0.3 is 10.2 Å². The largest absolute Gasteiger partial charge is 0.354 e. The Balaban J connectivity index is 1.39. The monoisotopic (exact) mass is 617 g/mol. The molecule has 1 aliphatic heterocycles. The molecule has 0 saturated carbocycles. The molecule has 5 rings (SSSR count). The van der Waals surface area contributed by atoms with Crippen LogP contribution in [0.25, 0.3) is 10.8 Å². The van der Waals surface area contributed by atoms with Crippen molar-refractivity contribution in [3.05, 3.63) is 107 Å². The fourth-order valence-corrected chi connectivity index (χ4v) is 7.53. The van der Waals surface area contributed by atoms with Crippen molar-refractivity contribution in [2.75, 3.05) is 17.4 Å². The number of benzene rings is 4. The fourth-order valence-electron chi connectivity index (χ4n) is 5.59. The van der Waals surface area contributed by atoms with Gasteiger partial charge in [-0.3, -0.25) is 13.9 Å². The Labute approximate surface area is 258 Å². The molecule has 0 fully saturated rings. The van der Waals surface area contributed by atoms with Crippen LogP contribution in [0.4, 0.5) is 5.69 Å². The van der Waals surface area contributed by atoms with E-state index >= 15 is 0 Å². The number of rotatable bonds is 13. The zero-order valence-electron chi connectivity index (χ0n) is 24.2. The standard InChI is InChI=1S/C34H36ClN3O4S/c1-2-3-21-36-34(40)30(23-25-12-5-4-6-13-25)37(24-27-14-7-8-17-28(27)35)32(39)20-11-22-38-29-18-9-15-26-16-10-19-31(33(26)29)43(38,41)42/h4-10,12-19,30H,2-3,11,20-24H2,1H3,(H,36,40). The second-order valence-electron chi connectivity index (χ2n) is 10.8. The maximum absolute atomic E-state index is 14.0. The average Bonchev–Trinajstić information content (AvgIpc) is 3.23. The number of nitrogens with zero attached hydrogens (tertiary/aromatic N) is 2. The van der Waals surface area contributed by atoms with Gasteiger partial charge in [0.1, 0.15) is 6.04 Å². The van der Waals surface area contributed by atoms with Crippen LogP contribution in [0, 0.1) is 0 Å². The molecule has 7 nitrogen and oxygen atoms in total. The lowest BCUT2D eigenvalue weighted by Gasteiger charge is -2.32. The molecule has 0 aromatic heterocycles. The molecule has 9 heteroatoms. The van der Waals surface area contributed by atoms with Crippen molar-refractivity contribution in [1.29, 1.82) is 0 Å². The second-order valence-corrected chi connectivity index (χ2v) is 13.0. The second kappa shape index (κ2) is 13.6. The summed E-state index contributed by atoms with van der Waals surface area (Å²) in [6.45, 7) is 2.88. The minimum atomic E-state index is -3.73. The predicted molar refractivity (Wildman–Crippen MR) is 172 cm³/mol. The van der Waals surface area contributed by atoms with E-state index in [0.717, 1.165) is 29.4 Å². The predicted octanol–water partition coefficient (Wildman–Crippen LogP) is 6.34. The summed E-state index contributed by atoms with van der Waals surface area (Å²) in [5.41, 5.74) is 2.30. The van der Waals surface area contributed by atoms with Crippen LogP contribution in [-0.2, 0) is 32.6 Å². The number of carbonyl (C=O) groups excluding carboxylic acids is 2. The lowest BCUT2D eigenvalue weighted by molar-refractivity contribution is -0.141. The van der Waals surface area contributed by atoms with E-state index in [1.807, 2.05) is 66.7 Å². The van der Waals surface area contributed by atoms with Crippen molar-refractivity contribution in [3.63, 3.8) is 0 Å². The Morgan fingerprint density at radius 2 is 1.63 bits per heavy atom. The van der Waals surface area contributed by atoms with Gasteiger partial charge in [0.25, 0.3) is 10.0 Å². The van der Waals surface area contributed by atoms with Gasteiger partial charge in [0, 0.05) is 42.9 Å². The van der Waals surface area contributed by atoms with Crippen LogP contribution in [0.15, 0.2) is 95.9 Å². The van der Waals surface area contributed by atoms with Crippen molar-refractivity contribution >= 4 is 49.9 Å². The number of sulfonamides is 1. The molecule has 43 heavy (non-hydrogen) atoms. The quantitative estimate of drug-likeness (QED) is 0.177. The number of hydrogen-bond acceptors (Lipinski definition) is 4. The lowest BCUT2D eigenvalue weighted by atomic mass is 10.0. The molecule has 4 aromatic rings. The summed E-state index contributed by atoms with van der Waals surface area (Å²) >= 11 is 6.51. The minimum absolute atomic E-state index is 0.0658. The number of anilines is 1. The van der Waals surface area contributed by atoms with E-state index in [2.05, 4.69) is 12.2 Å².